The van der Waals surface area contributed by atoms with Gasteiger partial charge in [0.1, 0.15) is 11.6 Å². The van der Waals surface area contributed by atoms with Gasteiger partial charge >= 0.3 is 0 Å². The number of carbonyl (C=O) groups is 1. The molecule has 3 rings (SSSR count). The fourth-order valence-corrected chi connectivity index (χ4v) is 3.07. The van der Waals surface area contributed by atoms with Crippen LogP contribution in [0.25, 0.3) is 11.4 Å². The third-order valence-corrected chi connectivity index (χ3v) is 4.61. The minimum atomic E-state index is 0.731. The van der Waals surface area contributed by atoms with Gasteiger partial charge in [-0.1, -0.05) is 30.3 Å². The molecule has 1 fully saturated rings. The van der Waals surface area contributed by atoms with Crippen LogP contribution in [-0.2, 0) is 4.79 Å². The smallest absolute Gasteiger partial charge is 0.209 e. The van der Waals surface area contributed by atoms with Gasteiger partial charge in [-0.05, 0) is 13.8 Å². The van der Waals surface area contributed by atoms with E-state index in [1.807, 2.05) is 30.3 Å². The third kappa shape index (κ3) is 3.90. The van der Waals surface area contributed by atoms with Crippen molar-refractivity contribution >= 4 is 18.0 Å². The van der Waals surface area contributed by atoms with Crippen LogP contribution in [0, 0.1) is 0 Å². The third-order valence-electron chi connectivity index (χ3n) is 4.61. The first kappa shape index (κ1) is 17.2. The van der Waals surface area contributed by atoms with Crippen molar-refractivity contribution in [3.8, 4) is 11.4 Å². The molecule has 0 spiro atoms. The molecule has 0 atom stereocenters. The molecule has 1 aromatic heterocycles. The van der Waals surface area contributed by atoms with Gasteiger partial charge in [-0.3, -0.25) is 4.79 Å². The van der Waals surface area contributed by atoms with Crippen molar-refractivity contribution in [2.45, 2.75) is 13.8 Å². The van der Waals surface area contributed by atoms with E-state index in [0.717, 1.165) is 68.7 Å². The van der Waals surface area contributed by atoms with Crippen LogP contribution in [-0.4, -0.2) is 60.5 Å². The molecular weight excluding hydrogens is 314 g/mol. The molecule has 1 amide bonds. The highest BCUT2D eigenvalue weighted by atomic mass is 16.1. The van der Waals surface area contributed by atoms with Crippen LogP contribution in [0.4, 0.5) is 11.6 Å². The molecule has 1 aliphatic heterocycles. The van der Waals surface area contributed by atoms with E-state index in [4.69, 9.17) is 9.97 Å². The Morgan fingerprint density at radius 2 is 1.72 bits per heavy atom. The van der Waals surface area contributed by atoms with Gasteiger partial charge in [-0.25, -0.2) is 9.97 Å². The summed E-state index contributed by atoms with van der Waals surface area (Å²) in [5.74, 6) is 2.63. The minimum absolute atomic E-state index is 0.731. The highest BCUT2D eigenvalue weighted by Gasteiger charge is 2.19. The number of aromatic nitrogens is 2. The Hall–Kier alpha value is -2.63. The Kier molecular flexibility index (Phi) is 5.48. The van der Waals surface area contributed by atoms with E-state index >= 15 is 0 Å². The Balaban J connectivity index is 1.96. The maximum absolute atomic E-state index is 10.9. The average molecular weight is 339 g/mol. The summed E-state index contributed by atoms with van der Waals surface area (Å²) in [6.45, 7) is 9.12. The highest BCUT2D eigenvalue weighted by Crippen LogP contribution is 2.25. The molecule has 0 radical (unpaired) electrons. The summed E-state index contributed by atoms with van der Waals surface area (Å²) in [6.07, 6.45) is 0.925. The number of anilines is 2. The largest absolute Gasteiger partial charge is 0.357 e. The number of rotatable bonds is 6. The van der Waals surface area contributed by atoms with Crippen LogP contribution in [0.3, 0.4) is 0 Å². The first-order valence-corrected chi connectivity index (χ1v) is 8.89. The number of nitrogens with zero attached hydrogens (tertiary/aromatic N) is 5. The number of benzene rings is 1. The SMILES string of the molecule is CCN(CC)c1cc(N2CCN(C=O)CC2)nc(-c2ccccc2)n1. The Bertz CT molecular complexity index is 694. The maximum Gasteiger partial charge on any atom is 0.209 e. The Labute approximate surface area is 149 Å². The maximum atomic E-state index is 10.9. The lowest BCUT2D eigenvalue weighted by molar-refractivity contribution is -0.118. The normalized spacial score (nSPS) is 14.5. The molecule has 1 aromatic carbocycles. The standard InChI is InChI=1S/C19H25N5O/c1-3-23(4-2)17-14-18(24-12-10-22(15-25)11-13-24)21-19(20-17)16-8-6-5-7-9-16/h5-9,14-15H,3-4,10-13H2,1-2H3. The molecule has 6 nitrogen and oxygen atoms in total. The topological polar surface area (TPSA) is 52.6 Å². The zero-order valence-electron chi connectivity index (χ0n) is 14.9. The number of amides is 1. The van der Waals surface area contributed by atoms with E-state index in [-0.39, 0.29) is 0 Å². The van der Waals surface area contributed by atoms with E-state index in [2.05, 4.69) is 29.7 Å². The molecule has 132 valence electrons. The molecule has 1 saturated heterocycles. The predicted octanol–water partition coefficient (Wildman–Crippen LogP) is 2.27. The van der Waals surface area contributed by atoms with Crippen molar-refractivity contribution in [2.24, 2.45) is 0 Å². The fraction of sp³-hybridized carbons (Fsp3) is 0.421. The van der Waals surface area contributed by atoms with E-state index in [9.17, 15) is 4.79 Å². The number of carbonyl (C=O) groups excluding carboxylic acids is 1. The van der Waals surface area contributed by atoms with Crippen molar-refractivity contribution in [1.82, 2.24) is 14.9 Å². The molecule has 0 bridgehead atoms. The van der Waals surface area contributed by atoms with E-state index in [1.165, 1.54) is 0 Å². The van der Waals surface area contributed by atoms with Gasteiger partial charge in [0, 0.05) is 50.9 Å². The second-order valence-corrected chi connectivity index (χ2v) is 6.07. The highest BCUT2D eigenvalue weighted by molar-refractivity contribution is 5.62. The van der Waals surface area contributed by atoms with Crippen LogP contribution in [0.2, 0.25) is 0 Å². The van der Waals surface area contributed by atoms with Crippen LogP contribution in [0.5, 0.6) is 0 Å². The van der Waals surface area contributed by atoms with Gasteiger partial charge in [-0.15, -0.1) is 0 Å². The van der Waals surface area contributed by atoms with E-state index in [1.54, 1.807) is 4.90 Å². The van der Waals surface area contributed by atoms with Crippen LogP contribution in [0.15, 0.2) is 36.4 Å². The molecule has 0 aliphatic carbocycles. The molecule has 0 unspecified atom stereocenters. The van der Waals surface area contributed by atoms with E-state index < -0.39 is 0 Å². The minimum Gasteiger partial charge on any atom is -0.357 e. The first-order valence-electron chi connectivity index (χ1n) is 8.89. The predicted molar refractivity (Wildman–Crippen MR) is 101 cm³/mol. The molecule has 6 heteroatoms. The number of hydrogen-bond acceptors (Lipinski definition) is 5. The van der Waals surface area contributed by atoms with Crippen LogP contribution >= 0.6 is 0 Å². The fourth-order valence-electron chi connectivity index (χ4n) is 3.07. The van der Waals surface area contributed by atoms with Gasteiger partial charge in [0.25, 0.3) is 0 Å². The Morgan fingerprint density at radius 3 is 2.32 bits per heavy atom. The summed E-state index contributed by atoms with van der Waals surface area (Å²) in [6, 6.07) is 12.1. The lowest BCUT2D eigenvalue weighted by atomic mass is 10.2. The number of hydrogen-bond donors (Lipinski definition) is 0. The van der Waals surface area contributed by atoms with Crippen molar-refractivity contribution in [1.29, 1.82) is 0 Å². The molecular formula is C19H25N5O. The van der Waals surface area contributed by atoms with Gasteiger partial charge in [0.05, 0.1) is 0 Å². The van der Waals surface area contributed by atoms with Crippen molar-refractivity contribution < 1.29 is 4.79 Å². The van der Waals surface area contributed by atoms with Gasteiger partial charge in [-0.2, -0.15) is 0 Å². The summed E-state index contributed by atoms with van der Waals surface area (Å²) in [7, 11) is 0. The summed E-state index contributed by atoms with van der Waals surface area (Å²) in [4.78, 5) is 26.8. The summed E-state index contributed by atoms with van der Waals surface area (Å²) < 4.78 is 0. The van der Waals surface area contributed by atoms with Crippen molar-refractivity contribution in [3.05, 3.63) is 36.4 Å². The molecule has 25 heavy (non-hydrogen) atoms. The van der Waals surface area contributed by atoms with Crippen LogP contribution in [0.1, 0.15) is 13.8 Å². The van der Waals surface area contributed by atoms with Gasteiger partial charge in [0.2, 0.25) is 6.41 Å². The molecule has 1 aliphatic rings. The van der Waals surface area contributed by atoms with Crippen molar-refractivity contribution in [3.63, 3.8) is 0 Å². The van der Waals surface area contributed by atoms with Crippen LogP contribution < -0.4 is 9.80 Å². The van der Waals surface area contributed by atoms with Gasteiger partial charge in [0.15, 0.2) is 5.82 Å². The first-order chi connectivity index (χ1) is 12.2. The second-order valence-electron chi connectivity index (χ2n) is 6.07. The molecule has 2 aromatic rings. The van der Waals surface area contributed by atoms with Crippen molar-refractivity contribution in [2.75, 3.05) is 49.1 Å². The zero-order valence-corrected chi connectivity index (χ0v) is 14.9. The average Bonchev–Trinajstić information content (AvgIpc) is 2.69. The molecule has 0 N–H and O–H groups in total. The Morgan fingerprint density at radius 1 is 1.04 bits per heavy atom. The summed E-state index contributed by atoms with van der Waals surface area (Å²) in [5.41, 5.74) is 1.02. The van der Waals surface area contributed by atoms with E-state index in [0.29, 0.717) is 0 Å². The quantitative estimate of drug-likeness (QED) is 0.756. The second kappa shape index (κ2) is 7.96. The number of piperazine rings is 1. The zero-order chi connectivity index (χ0) is 17.6. The summed E-state index contributed by atoms with van der Waals surface area (Å²) in [5, 5.41) is 0. The lowest BCUT2D eigenvalue weighted by Crippen LogP contribution is -2.46. The molecule has 2 heterocycles. The lowest BCUT2D eigenvalue weighted by Gasteiger charge is -2.34. The monoisotopic (exact) mass is 339 g/mol. The van der Waals surface area contributed by atoms with Gasteiger partial charge < -0.3 is 14.7 Å². The molecule has 0 saturated carbocycles. The summed E-state index contributed by atoms with van der Waals surface area (Å²) >= 11 is 0.